The van der Waals surface area contributed by atoms with E-state index in [1.54, 1.807) is 37.8 Å². The minimum atomic E-state index is -4.13. The summed E-state index contributed by atoms with van der Waals surface area (Å²) in [6.07, 6.45) is 6.36. The number of aromatic nitrogens is 2. The molecule has 0 saturated carbocycles. The lowest BCUT2D eigenvalue weighted by Crippen LogP contribution is -2.49. The Morgan fingerprint density at radius 2 is 1.67 bits per heavy atom. The zero-order valence-electron chi connectivity index (χ0n) is 29.6. The highest BCUT2D eigenvalue weighted by molar-refractivity contribution is 7.89. The second-order valence-electron chi connectivity index (χ2n) is 15.7. The quantitative estimate of drug-likeness (QED) is 0.200. The van der Waals surface area contributed by atoms with Gasteiger partial charge in [0, 0.05) is 36.8 Å². The summed E-state index contributed by atoms with van der Waals surface area (Å²) in [4.78, 5) is 22.5. The molecule has 2 bridgehead atoms. The van der Waals surface area contributed by atoms with Gasteiger partial charge in [-0.2, -0.15) is 0 Å². The molecule has 1 unspecified atom stereocenters. The Morgan fingerprint density at radius 1 is 0.980 bits per heavy atom. The van der Waals surface area contributed by atoms with Gasteiger partial charge in [-0.25, -0.2) is 26.9 Å². The molecular weight excluding hydrogens is 692 g/mol. The highest BCUT2D eigenvalue weighted by Gasteiger charge is 2.44. The number of piperidine rings is 2. The predicted octanol–water partition coefficient (Wildman–Crippen LogP) is 7.79. The normalized spacial score (nSPS) is 22.5. The molecule has 3 aliphatic heterocycles. The number of para-hydroxylation sites is 2. The number of halogens is 3. The highest BCUT2D eigenvalue weighted by Crippen LogP contribution is 2.45. The minimum Gasteiger partial charge on any atom is -0.338 e. The summed E-state index contributed by atoms with van der Waals surface area (Å²) < 4.78 is 61.1. The molecule has 7 rings (SSSR count). The van der Waals surface area contributed by atoms with Crippen molar-refractivity contribution in [3.05, 3.63) is 94.3 Å². The third-order valence-corrected chi connectivity index (χ3v) is 13.5. The number of hydrogen-bond acceptors (Lipinski definition) is 5. The first kappa shape index (κ1) is 36.0. The van der Waals surface area contributed by atoms with E-state index in [2.05, 4.69) is 39.3 Å². The number of imidazole rings is 1. The van der Waals surface area contributed by atoms with Crippen LogP contribution in [0.15, 0.2) is 65.6 Å². The molecule has 4 heterocycles. The Balaban J connectivity index is 1.08. The van der Waals surface area contributed by atoms with Crippen LogP contribution in [0.3, 0.4) is 0 Å². The van der Waals surface area contributed by atoms with Gasteiger partial charge < -0.3 is 9.47 Å². The number of carbonyl (C=O) groups is 1. The summed E-state index contributed by atoms with van der Waals surface area (Å²) in [7, 11) is -4.13. The summed E-state index contributed by atoms with van der Waals surface area (Å²) >= 11 is 6.19. The van der Waals surface area contributed by atoms with Crippen LogP contribution in [0.5, 0.6) is 0 Å². The topological polar surface area (TPSA) is 87.5 Å². The monoisotopic (exact) mass is 737 g/mol. The first-order valence-corrected chi connectivity index (χ1v) is 19.8. The van der Waals surface area contributed by atoms with Crippen molar-refractivity contribution in [2.45, 2.75) is 107 Å². The lowest BCUT2D eigenvalue weighted by Gasteiger charge is -2.45. The van der Waals surface area contributed by atoms with Gasteiger partial charge in [-0.05, 0) is 127 Å². The van der Waals surface area contributed by atoms with Crippen LogP contribution < -0.4 is 4.72 Å². The largest absolute Gasteiger partial charge is 0.338 e. The molecule has 3 aliphatic rings. The average Bonchev–Trinajstić information content (AvgIpc) is 3.52. The number of aryl methyl sites for hydroxylation is 1. The van der Waals surface area contributed by atoms with Gasteiger partial charge in [0.2, 0.25) is 10.0 Å². The van der Waals surface area contributed by atoms with Crippen LogP contribution in [-0.2, 0) is 15.4 Å². The van der Waals surface area contributed by atoms with Crippen molar-refractivity contribution < 1.29 is 22.0 Å². The number of rotatable bonds is 8. The number of sulfonamides is 1. The van der Waals surface area contributed by atoms with Crippen LogP contribution in [0, 0.1) is 18.6 Å². The number of likely N-dealkylation sites (tertiary alicyclic amines) is 1. The van der Waals surface area contributed by atoms with Crippen molar-refractivity contribution in [2.75, 3.05) is 19.6 Å². The molecule has 0 aliphatic carbocycles. The lowest BCUT2D eigenvalue weighted by molar-refractivity contribution is 0.0602. The van der Waals surface area contributed by atoms with Crippen molar-refractivity contribution in [3.8, 4) is 0 Å². The van der Waals surface area contributed by atoms with Crippen LogP contribution in [0.1, 0.15) is 93.5 Å². The number of nitrogens with one attached hydrogen (secondary N) is 1. The summed E-state index contributed by atoms with van der Waals surface area (Å²) in [6.45, 7) is 8.66. The van der Waals surface area contributed by atoms with Gasteiger partial charge in [0.25, 0.3) is 5.91 Å². The van der Waals surface area contributed by atoms with E-state index >= 15 is 4.39 Å². The second kappa shape index (κ2) is 13.5. The fourth-order valence-electron chi connectivity index (χ4n) is 8.96. The third kappa shape index (κ3) is 7.06. The minimum absolute atomic E-state index is 0.295. The molecular formula is C39H46ClF2N5O3S. The van der Waals surface area contributed by atoms with Gasteiger partial charge in [-0.1, -0.05) is 35.9 Å². The van der Waals surface area contributed by atoms with E-state index in [1.165, 1.54) is 11.6 Å². The average molecular weight is 738 g/mol. The van der Waals surface area contributed by atoms with E-state index in [1.807, 2.05) is 12.1 Å². The van der Waals surface area contributed by atoms with E-state index in [0.717, 1.165) is 67.7 Å². The molecule has 0 radical (unpaired) electrons. The van der Waals surface area contributed by atoms with Gasteiger partial charge in [0.15, 0.2) is 0 Å². The maximum Gasteiger partial charge on any atom is 0.256 e. The zero-order valence-corrected chi connectivity index (χ0v) is 31.2. The molecule has 1 aromatic heterocycles. The fourth-order valence-corrected chi connectivity index (χ4v) is 10.9. The third-order valence-electron chi connectivity index (χ3n) is 11.3. The smallest absolute Gasteiger partial charge is 0.256 e. The molecule has 8 nitrogen and oxygen atoms in total. The van der Waals surface area contributed by atoms with E-state index in [4.69, 9.17) is 16.6 Å². The van der Waals surface area contributed by atoms with E-state index in [0.29, 0.717) is 44.1 Å². The zero-order chi connectivity index (χ0) is 36.3. The summed E-state index contributed by atoms with van der Waals surface area (Å²) in [5, 5.41) is -0.295. The molecule has 272 valence electrons. The predicted molar refractivity (Wildman–Crippen MR) is 196 cm³/mol. The molecule has 1 N–H and O–H groups in total. The number of hydrogen-bond donors (Lipinski definition) is 1. The Labute approximate surface area is 304 Å². The number of amides is 1. The molecule has 3 saturated heterocycles. The van der Waals surface area contributed by atoms with Crippen LogP contribution >= 0.6 is 11.6 Å². The van der Waals surface area contributed by atoms with Gasteiger partial charge in [-0.15, -0.1) is 0 Å². The van der Waals surface area contributed by atoms with Crippen LogP contribution in [-0.4, -0.2) is 70.9 Å². The molecule has 3 aromatic carbocycles. The maximum absolute atomic E-state index is 15.2. The number of benzene rings is 3. The fraction of sp³-hybridized carbons (Fsp3) is 0.487. The van der Waals surface area contributed by atoms with Crippen molar-refractivity contribution in [1.29, 1.82) is 0 Å². The summed E-state index contributed by atoms with van der Waals surface area (Å²) in [6, 6.07) is 18.4. The lowest BCUT2D eigenvalue weighted by atomic mass is 9.70. The molecule has 4 aromatic rings. The molecule has 3 atom stereocenters. The molecule has 1 amide bonds. The van der Waals surface area contributed by atoms with Crippen molar-refractivity contribution in [2.24, 2.45) is 0 Å². The number of nitrogens with zero attached hydrogens (tertiary/aromatic N) is 4. The van der Waals surface area contributed by atoms with Crippen LogP contribution in [0.2, 0.25) is 5.02 Å². The molecule has 51 heavy (non-hydrogen) atoms. The van der Waals surface area contributed by atoms with Gasteiger partial charge >= 0.3 is 0 Å². The summed E-state index contributed by atoms with van der Waals surface area (Å²) in [5.41, 5.74) is 1.61. The molecule has 12 heteroatoms. The van der Waals surface area contributed by atoms with E-state index in [9.17, 15) is 17.6 Å². The Morgan fingerprint density at radius 3 is 2.33 bits per heavy atom. The molecule has 3 fully saturated rings. The Kier molecular flexibility index (Phi) is 9.56. The number of fused-ring (bicyclic) bond motifs is 3. The van der Waals surface area contributed by atoms with Gasteiger partial charge in [0.05, 0.1) is 21.6 Å². The Bertz CT molecular complexity index is 2060. The first-order chi connectivity index (χ1) is 24.1. The van der Waals surface area contributed by atoms with Crippen molar-refractivity contribution >= 4 is 38.6 Å². The van der Waals surface area contributed by atoms with Gasteiger partial charge in [-0.3, -0.25) is 9.69 Å². The maximum atomic E-state index is 15.2. The highest BCUT2D eigenvalue weighted by atomic mass is 35.5. The van der Waals surface area contributed by atoms with Crippen LogP contribution in [0.4, 0.5) is 8.78 Å². The standard InChI is InChI=1S/C39H46ClF2N5O3S/c1-25-43-34-10-5-6-11-35(34)47(25)30-21-28-12-13-29(22-30)46(28)19-16-39(26-8-7-9-27(41)20-26)14-17-45(18-15-39)37(48)31-23-36(32(40)24-33(31)42)51(49,50)44-38(2,3)4/h5-11,20,23-24,28-30,44H,12-19,21-22H2,1-4H3/t28-,29+,30?. The summed E-state index contributed by atoms with van der Waals surface area (Å²) in [5.74, 6) is -0.709. The van der Waals surface area contributed by atoms with E-state index in [-0.39, 0.29) is 26.7 Å². The Hall–Kier alpha value is -3.38. The van der Waals surface area contributed by atoms with Crippen LogP contribution in [0.25, 0.3) is 11.0 Å². The van der Waals surface area contributed by atoms with Crippen molar-refractivity contribution in [1.82, 2.24) is 24.1 Å². The van der Waals surface area contributed by atoms with E-state index < -0.39 is 27.3 Å². The van der Waals surface area contributed by atoms with Gasteiger partial charge in [0.1, 0.15) is 22.4 Å². The van der Waals surface area contributed by atoms with Crippen molar-refractivity contribution in [3.63, 3.8) is 0 Å². The SMILES string of the molecule is Cc1nc2ccccc2n1C1C[C@H]2CC[C@@H](C1)N2CCC1(c2cccc(F)c2)CCN(C(=O)c2cc(S(=O)(=O)NC(C)(C)C)c(Cl)cc2F)CC1. The second-order valence-corrected chi connectivity index (χ2v) is 17.8. The molecule has 0 spiro atoms. The number of carbonyl (C=O) groups excluding carboxylic acids is 1. The first-order valence-electron chi connectivity index (χ1n) is 17.9.